The molecule has 0 saturated carbocycles. The van der Waals surface area contributed by atoms with Gasteiger partial charge in [0.05, 0.1) is 4.90 Å². The average molecular weight is 432 g/mol. The molecule has 0 spiro atoms. The van der Waals surface area contributed by atoms with Crippen LogP contribution in [0.3, 0.4) is 0 Å². The first-order valence-electron chi connectivity index (χ1n) is 8.53. The van der Waals surface area contributed by atoms with Gasteiger partial charge in [0.15, 0.2) is 0 Å². The van der Waals surface area contributed by atoms with Crippen LogP contribution in [0.2, 0.25) is 0 Å². The third-order valence-corrected chi connectivity index (χ3v) is 6.04. The number of benzene rings is 1. The number of hydrogen-bond donors (Lipinski definition) is 1. The Morgan fingerprint density at radius 2 is 1.92 bits per heavy atom. The molecule has 1 aliphatic heterocycles. The van der Waals surface area contributed by atoms with Gasteiger partial charge in [-0.05, 0) is 24.1 Å². The molecule has 140 valence electrons. The second kappa shape index (κ2) is 9.12. The normalized spacial score (nSPS) is 16.4. The molecule has 0 bridgehead atoms. The lowest BCUT2D eigenvalue weighted by Gasteiger charge is -2.35. The molecular formula is C17H26BrN3O3S. The molecular weight excluding hydrogens is 406 g/mol. The van der Waals surface area contributed by atoms with E-state index in [1.165, 1.54) is 12.1 Å². The van der Waals surface area contributed by atoms with Crippen LogP contribution in [0.4, 0.5) is 0 Å². The van der Waals surface area contributed by atoms with Crippen molar-refractivity contribution < 1.29 is 13.2 Å². The first-order valence-corrected chi connectivity index (χ1v) is 10.8. The van der Waals surface area contributed by atoms with Crippen molar-refractivity contribution in [1.82, 2.24) is 14.5 Å². The zero-order chi connectivity index (χ0) is 18.4. The number of piperazine rings is 1. The first kappa shape index (κ1) is 20.4. The van der Waals surface area contributed by atoms with Crippen LogP contribution in [-0.4, -0.2) is 63.4 Å². The summed E-state index contributed by atoms with van der Waals surface area (Å²) in [4.78, 5) is 16.6. The summed E-state index contributed by atoms with van der Waals surface area (Å²) in [6, 6.07) is 6.50. The van der Waals surface area contributed by atoms with Gasteiger partial charge in [-0.15, -0.1) is 0 Å². The van der Waals surface area contributed by atoms with Gasteiger partial charge in [0.2, 0.25) is 15.9 Å². The van der Waals surface area contributed by atoms with Crippen molar-refractivity contribution in [2.45, 2.75) is 25.2 Å². The van der Waals surface area contributed by atoms with E-state index in [9.17, 15) is 13.2 Å². The van der Waals surface area contributed by atoms with Crippen LogP contribution in [0, 0.1) is 5.92 Å². The second-order valence-electron chi connectivity index (χ2n) is 6.68. The fourth-order valence-electron chi connectivity index (χ4n) is 2.86. The van der Waals surface area contributed by atoms with E-state index in [1.807, 2.05) is 4.90 Å². The maximum atomic E-state index is 12.3. The van der Waals surface area contributed by atoms with E-state index in [0.717, 1.165) is 19.6 Å². The van der Waals surface area contributed by atoms with E-state index in [2.05, 4.69) is 39.4 Å². The number of amides is 1. The summed E-state index contributed by atoms with van der Waals surface area (Å²) in [6.07, 6.45) is 0.178. The van der Waals surface area contributed by atoms with Crippen molar-refractivity contribution in [2.24, 2.45) is 5.92 Å². The molecule has 25 heavy (non-hydrogen) atoms. The van der Waals surface area contributed by atoms with Crippen LogP contribution < -0.4 is 4.72 Å². The van der Waals surface area contributed by atoms with Crippen molar-refractivity contribution >= 4 is 31.9 Å². The lowest BCUT2D eigenvalue weighted by atomic mass is 10.2. The van der Waals surface area contributed by atoms with Crippen molar-refractivity contribution in [3.8, 4) is 0 Å². The maximum absolute atomic E-state index is 12.3. The predicted octanol–water partition coefficient (Wildman–Crippen LogP) is 1.92. The number of nitrogens with zero attached hydrogens (tertiary/aromatic N) is 2. The van der Waals surface area contributed by atoms with Crippen LogP contribution in [-0.2, 0) is 14.8 Å². The highest BCUT2D eigenvalue weighted by atomic mass is 79.9. The van der Waals surface area contributed by atoms with Gasteiger partial charge in [0.1, 0.15) is 0 Å². The number of halogens is 1. The smallest absolute Gasteiger partial charge is 0.240 e. The minimum absolute atomic E-state index is 0.00105. The number of sulfonamides is 1. The van der Waals surface area contributed by atoms with Crippen LogP contribution >= 0.6 is 15.9 Å². The molecule has 0 unspecified atom stereocenters. The highest BCUT2D eigenvalue weighted by Crippen LogP contribution is 2.15. The van der Waals surface area contributed by atoms with Gasteiger partial charge >= 0.3 is 0 Å². The number of nitrogens with one attached hydrogen (secondary N) is 1. The molecule has 1 saturated heterocycles. The molecule has 0 aromatic heterocycles. The molecule has 2 rings (SSSR count). The Morgan fingerprint density at radius 3 is 2.52 bits per heavy atom. The molecule has 1 N–H and O–H groups in total. The van der Waals surface area contributed by atoms with Crippen LogP contribution in [0.15, 0.2) is 33.6 Å². The molecule has 1 amide bonds. The van der Waals surface area contributed by atoms with Crippen LogP contribution in [0.5, 0.6) is 0 Å². The maximum Gasteiger partial charge on any atom is 0.240 e. The monoisotopic (exact) mass is 431 g/mol. The molecule has 1 aromatic rings. The predicted molar refractivity (Wildman–Crippen MR) is 102 cm³/mol. The highest BCUT2D eigenvalue weighted by Gasteiger charge is 2.22. The molecule has 6 nitrogen and oxygen atoms in total. The second-order valence-corrected chi connectivity index (χ2v) is 9.36. The molecule has 1 heterocycles. The number of hydrogen-bond acceptors (Lipinski definition) is 4. The molecule has 1 fully saturated rings. The summed E-state index contributed by atoms with van der Waals surface area (Å²) in [5, 5.41) is 0. The summed E-state index contributed by atoms with van der Waals surface area (Å²) < 4.78 is 27.6. The van der Waals surface area contributed by atoms with Crippen molar-refractivity contribution in [3.05, 3.63) is 28.7 Å². The fourth-order valence-corrected chi connectivity index (χ4v) is 4.49. The third kappa shape index (κ3) is 6.36. The Labute approximate surface area is 158 Å². The van der Waals surface area contributed by atoms with E-state index in [-0.39, 0.29) is 23.8 Å². The van der Waals surface area contributed by atoms with Gasteiger partial charge in [0, 0.05) is 50.2 Å². The van der Waals surface area contributed by atoms with Gasteiger partial charge < -0.3 is 4.90 Å². The number of rotatable bonds is 7. The van der Waals surface area contributed by atoms with E-state index in [0.29, 0.717) is 23.5 Å². The Kier molecular flexibility index (Phi) is 7.42. The van der Waals surface area contributed by atoms with Gasteiger partial charge in [0.25, 0.3) is 0 Å². The van der Waals surface area contributed by atoms with Gasteiger partial charge in [-0.2, -0.15) is 0 Å². The lowest BCUT2D eigenvalue weighted by Crippen LogP contribution is -2.49. The lowest BCUT2D eigenvalue weighted by molar-refractivity contribution is -0.132. The average Bonchev–Trinajstić information content (AvgIpc) is 2.54. The van der Waals surface area contributed by atoms with Crippen LogP contribution in [0.25, 0.3) is 0 Å². The molecule has 8 heteroatoms. The third-order valence-electron chi connectivity index (χ3n) is 4.09. The number of carbonyl (C=O) groups is 1. The molecule has 1 aromatic carbocycles. The minimum atomic E-state index is -3.59. The summed E-state index contributed by atoms with van der Waals surface area (Å²) in [6.45, 7) is 8.73. The van der Waals surface area contributed by atoms with Gasteiger partial charge in [-0.25, -0.2) is 13.1 Å². The minimum Gasteiger partial charge on any atom is -0.340 e. The molecule has 0 atom stereocenters. The Balaban J connectivity index is 1.77. The summed E-state index contributed by atoms with van der Waals surface area (Å²) in [7, 11) is -3.59. The Bertz CT molecular complexity index is 686. The van der Waals surface area contributed by atoms with E-state index < -0.39 is 10.0 Å². The number of carbonyl (C=O) groups excluding carboxylic acids is 1. The van der Waals surface area contributed by atoms with Gasteiger partial charge in [-0.1, -0.05) is 35.8 Å². The van der Waals surface area contributed by atoms with E-state index >= 15 is 0 Å². The zero-order valence-corrected chi connectivity index (χ0v) is 17.1. The largest absolute Gasteiger partial charge is 0.340 e. The Hall–Kier alpha value is -0.960. The fraction of sp³-hybridized carbons (Fsp3) is 0.588. The van der Waals surface area contributed by atoms with Crippen molar-refractivity contribution in [2.75, 3.05) is 39.3 Å². The summed E-state index contributed by atoms with van der Waals surface area (Å²) >= 11 is 3.26. The Morgan fingerprint density at radius 1 is 1.24 bits per heavy atom. The molecule has 0 aliphatic carbocycles. The SMILES string of the molecule is CC(C)CN1CCN(C(=O)CCNS(=O)(=O)c2cccc(Br)c2)CC1. The summed E-state index contributed by atoms with van der Waals surface area (Å²) in [5.74, 6) is 0.621. The standard InChI is InChI=1S/C17H26BrN3O3S/c1-14(2)13-20-8-10-21(11-9-20)17(22)6-7-19-25(23,24)16-5-3-4-15(18)12-16/h3-5,12,14,19H,6-11,13H2,1-2H3. The first-order chi connectivity index (χ1) is 11.8. The zero-order valence-electron chi connectivity index (χ0n) is 14.7. The van der Waals surface area contributed by atoms with Crippen LogP contribution in [0.1, 0.15) is 20.3 Å². The molecule has 0 radical (unpaired) electrons. The summed E-state index contributed by atoms with van der Waals surface area (Å²) in [5.41, 5.74) is 0. The van der Waals surface area contributed by atoms with E-state index in [1.54, 1.807) is 12.1 Å². The topological polar surface area (TPSA) is 69.7 Å². The quantitative estimate of drug-likeness (QED) is 0.715. The van der Waals surface area contributed by atoms with E-state index in [4.69, 9.17) is 0 Å². The van der Waals surface area contributed by atoms with Crippen molar-refractivity contribution in [1.29, 1.82) is 0 Å². The molecule has 1 aliphatic rings. The van der Waals surface area contributed by atoms with Gasteiger partial charge in [-0.3, -0.25) is 9.69 Å². The highest BCUT2D eigenvalue weighted by molar-refractivity contribution is 9.10. The van der Waals surface area contributed by atoms with Crippen molar-refractivity contribution in [3.63, 3.8) is 0 Å².